The molecule has 112 valence electrons. The van der Waals surface area contributed by atoms with Crippen molar-refractivity contribution in [3.63, 3.8) is 0 Å². The van der Waals surface area contributed by atoms with Crippen LogP contribution in [0.2, 0.25) is 5.02 Å². The second-order valence-electron chi connectivity index (χ2n) is 3.47. The van der Waals surface area contributed by atoms with Crippen molar-refractivity contribution in [2.45, 2.75) is 13.8 Å². The minimum Gasteiger partial charge on any atom is -0.402 e. The summed E-state index contributed by atoms with van der Waals surface area (Å²) in [6.45, 7) is 3.73. The van der Waals surface area contributed by atoms with E-state index in [1.807, 2.05) is 0 Å². The van der Waals surface area contributed by atoms with Crippen molar-refractivity contribution in [1.82, 2.24) is 0 Å². The molecule has 0 radical (unpaired) electrons. The van der Waals surface area contributed by atoms with Gasteiger partial charge in [-0.1, -0.05) is 39.1 Å². The Kier molecular flexibility index (Phi) is 7.59. The smallest absolute Gasteiger partial charge is 0.402 e. The van der Waals surface area contributed by atoms with Gasteiger partial charge in [-0.2, -0.15) is 0 Å². The third-order valence-corrected chi connectivity index (χ3v) is 4.67. The molecule has 8 heteroatoms. The Bertz CT molecular complexity index is 526. The van der Waals surface area contributed by atoms with Crippen LogP contribution in [0, 0.1) is 0 Å². The topological polar surface area (TPSA) is 44.8 Å². The molecule has 0 atom stereocenters. The summed E-state index contributed by atoms with van der Waals surface area (Å²) in [6, 6.07) is 5.12. The van der Waals surface area contributed by atoms with Gasteiger partial charge in [0.1, 0.15) is 0 Å². The number of benzene rings is 1. The molecule has 0 aromatic heterocycles. The van der Waals surface area contributed by atoms with Gasteiger partial charge in [-0.05, 0) is 32.0 Å². The van der Waals surface area contributed by atoms with Crippen molar-refractivity contribution in [1.29, 1.82) is 0 Å². The van der Waals surface area contributed by atoms with E-state index in [1.165, 1.54) is 0 Å². The number of phosphoric ester groups is 1. The molecule has 20 heavy (non-hydrogen) atoms. The zero-order valence-electron chi connectivity index (χ0n) is 10.9. The van der Waals surface area contributed by atoms with Gasteiger partial charge in [0.15, 0.2) is 5.76 Å². The van der Waals surface area contributed by atoms with E-state index in [0.717, 1.165) is 10.0 Å². The van der Waals surface area contributed by atoms with Crippen LogP contribution in [0.5, 0.6) is 0 Å². The summed E-state index contributed by atoms with van der Waals surface area (Å²) in [4.78, 5) is 0. The maximum Gasteiger partial charge on any atom is 0.530 e. The lowest BCUT2D eigenvalue weighted by molar-refractivity contribution is 0.159. The van der Waals surface area contributed by atoms with E-state index in [9.17, 15) is 4.57 Å². The van der Waals surface area contributed by atoms with Gasteiger partial charge in [-0.3, -0.25) is 9.05 Å². The largest absolute Gasteiger partial charge is 0.530 e. The first-order valence-corrected chi connectivity index (χ1v) is 8.87. The molecule has 0 amide bonds. The summed E-state index contributed by atoms with van der Waals surface area (Å²) in [5.41, 5.74) is 1.62. The molecule has 4 nitrogen and oxygen atoms in total. The quantitative estimate of drug-likeness (QED) is 0.424. The summed E-state index contributed by atoms with van der Waals surface area (Å²) in [7, 11) is -3.72. The molecule has 0 saturated carbocycles. The van der Waals surface area contributed by atoms with Crippen LogP contribution in [0.1, 0.15) is 19.4 Å². The number of hydrogen-bond acceptors (Lipinski definition) is 4. The van der Waals surface area contributed by atoms with Gasteiger partial charge in [0, 0.05) is 15.6 Å². The van der Waals surface area contributed by atoms with Crippen molar-refractivity contribution in [2.75, 3.05) is 13.2 Å². The van der Waals surface area contributed by atoms with E-state index in [1.54, 1.807) is 32.0 Å². The van der Waals surface area contributed by atoms with Gasteiger partial charge in [-0.25, -0.2) is 4.57 Å². The van der Waals surface area contributed by atoms with Gasteiger partial charge in [-0.15, -0.1) is 0 Å². The second-order valence-corrected chi connectivity index (χ2v) is 6.61. The van der Waals surface area contributed by atoms with Crippen molar-refractivity contribution in [2.24, 2.45) is 0 Å². The predicted octanol–water partition coefficient (Wildman–Crippen LogP) is 5.84. The molecular formula is C12H14BrCl2O4P. The maximum atomic E-state index is 12.3. The van der Waals surface area contributed by atoms with Crippen LogP contribution < -0.4 is 0 Å². The molecule has 0 N–H and O–H groups in total. The summed E-state index contributed by atoms with van der Waals surface area (Å²) in [5.74, 6) is 0.114. The van der Waals surface area contributed by atoms with Crippen molar-refractivity contribution in [3.8, 4) is 0 Å². The third kappa shape index (κ3) is 5.06. The number of hydrogen-bond donors (Lipinski definition) is 0. The molecule has 1 rings (SSSR count). The van der Waals surface area contributed by atoms with Gasteiger partial charge < -0.3 is 4.52 Å². The average Bonchev–Trinajstić information content (AvgIpc) is 2.40. The first kappa shape index (κ1) is 18.0. The molecular weight excluding hydrogens is 390 g/mol. The van der Waals surface area contributed by atoms with Gasteiger partial charge in [0.25, 0.3) is 0 Å². The Morgan fingerprint density at radius 3 is 2.45 bits per heavy atom. The minimum atomic E-state index is -3.72. The fourth-order valence-electron chi connectivity index (χ4n) is 1.34. The van der Waals surface area contributed by atoms with Crippen LogP contribution in [0.25, 0.3) is 5.76 Å². The predicted molar refractivity (Wildman–Crippen MR) is 84.9 cm³/mol. The van der Waals surface area contributed by atoms with E-state index < -0.39 is 7.82 Å². The summed E-state index contributed by atoms with van der Waals surface area (Å²) < 4.78 is 28.5. The van der Waals surface area contributed by atoms with E-state index in [2.05, 4.69) is 15.9 Å². The molecule has 0 heterocycles. The van der Waals surface area contributed by atoms with E-state index in [0.29, 0.717) is 10.6 Å². The monoisotopic (exact) mass is 402 g/mol. The first-order valence-electron chi connectivity index (χ1n) is 5.80. The molecule has 0 aliphatic carbocycles. The Balaban J connectivity index is 3.08. The third-order valence-electron chi connectivity index (χ3n) is 2.08. The lowest BCUT2D eigenvalue weighted by Crippen LogP contribution is -2.00. The van der Waals surface area contributed by atoms with Crippen molar-refractivity contribution < 1.29 is 18.1 Å². The highest BCUT2D eigenvalue weighted by atomic mass is 79.9. The average molecular weight is 404 g/mol. The second kappa shape index (κ2) is 8.42. The lowest BCUT2D eigenvalue weighted by atomic mass is 10.2. The zero-order chi connectivity index (χ0) is 15.2. The van der Waals surface area contributed by atoms with Crippen LogP contribution in [-0.4, -0.2) is 13.2 Å². The molecule has 0 aliphatic heterocycles. The van der Waals surface area contributed by atoms with Gasteiger partial charge >= 0.3 is 7.82 Å². The Hall–Kier alpha value is -0.0300. The SMILES string of the molecule is CCOP(=O)(OCC)OC(=CCl)c1cc(Br)ccc1Cl. The highest BCUT2D eigenvalue weighted by molar-refractivity contribution is 9.10. The maximum absolute atomic E-state index is 12.3. The number of halogens is 3. The van der Waals surface area contributed by atoms with Crippen LogP contribution in [0.4, 0.5) is 0 Å². The Morgan fingerprint density at radius 1 is 1.35 bits per heavy atom. The van der Waals surface area contributed by atoms with E-state index in [-0.39, 0.29) is 19.0 Å². The highest BCUT2D eigenvalue weighted by Gasteiger charge is 2.29. The fraction of sp³-hybridized carbons (Fsp3) is 0.333. The molecule has 1 aromatic rings. The normalized spacial score (nSPS) is 12.6. The van der Waals surface area contributed by atoms with E-state index in [4.69, 9.17) is 36.8 Å². The van der Waals surface area contributed by atoms with E-state index >= 15 is 0 Å². The standard InChI is InChI=1S/C12H14BrCl2O4P/c1-3-17-20(16,18-4-2)19-12(8-14)10-7-9(13)5-6-11(10)15/h5-8H,3-4H2,1-2H3. The minimum absolute atomic E-state index is 0.114. The summed E-state index contributed by atoms with van der Waals surface area (Å²) in [5, 5.41) is 0.402. The lowest BCUT2D eigenvalue weighted by Gasteiger charge is -2.19. The molecule has 0 aliphatic rings. The van der Waals surface area contributed by atoms with Gasteiger partial charge in [0.2, 0.25) is 0 Å². The first-order chi connectivity index (χ1) is 9.45. The van der Waals surface area contributed by atoms with Crippen molar-refractivity contribution in [3.05, 3.63) is 38.8 Å². The molecule has 0 saturated heterocycles. The van der Waals surface area contributed by atoms with Crippen LogP contribution in [-0.2, 0) is 18.1 Å². The highest BCUT2D eigenvalue weighted by Crippen LogP contribution is 2.53. The summed E-state index contributed by atoms with van der Waals surface area (Å²) >= 11 is 15.1. The zero-order valence-corrected chi connectivity index (χ0v) is 14.9. The van der Waals surface area contributed by atoms with Crippen LogP contribution in [0.3, 0.4) is 0 Å². The van der Waals surface area contributed by atoms with Crippen LogP contribution >= 0.6 is 47.0 Å². The molecule has 0 fully saturated rings. The molecule has 0 spiro atoms. The fourth-order valence-corrected chi connectivity index (χ4v) is 3.34. The molecule has 1 aromatic carbocycles. The Morgan fingerprint density at radius 2 is 1.95 bits per heavy atom. The summed E-state index contributed by atoms with van der Waals surface area (Å²) in [6.07, 6.45) is 0. The van der Waals surface area contributed by atoms with Crippen LogP contribution in [0.15, 0.2) is 28.2 Å². The Labute approximate surface area is 136 Å². The molecule has 0 bridgehead atoms. The van der Waals surface area contributed by atoms with Crippen molar-refractivity contribution >= 4 is 52.7 Å². The number of rotatable bonds is 7. The molecule has 0 unspecified atom stereocenters. The number of phosphoric acid groups is 1. The van der Waals surface area contributed by atoms with Gasteiger partial charge in [0.05, 0.1) is 18.2 Å².